The zero-order chi connectivity index (χ0) is 11.0. The fraction of sp³-hybridized carbons (Fsp3) is 0.357. The Balaban J connectivity index is 1.99. The minimum Gasteiger partial charge on any atom is -0.460 e. The van der Waals surface area contributed by atoms with Gasteiger partial charge < -0.3 is 4.42 Å². The fourth-order valence-corrected chi connectivity index (χ4v) is 2.45. The van der Waals surface area contributed by atoms with Crippen LogP contribution in [-0.4, -0.2) is 5.78 Å². The van der Waals surface area contributed by atoms with E-state index in [1.807, 2.05) is 30.3 Å². The number of rotatable bonds is 1. The predicted molar refractivity (Wildman–Crippen MR) is 61.5 cm³/mol. The van der Waals surface area contributed by atoms with E-state index in [1.54, 1.807) is 0 Å². The first-order valence-corrected chi connectivity index (χ1v) is 5.86. The molecule has 1 fully saturated rings. The van der Waals surface area contributed by atoms with Crippen molar-refractivity contribution >= 4 is 5.78 Å². The molecule has 0 N–H and O–H groups in total. The molecule has 1 unspecified atom stereocenters. The highest BCUT2D eigenvalue weighted by atomic mass is 16.3. The Labute approximate surface area is 94.6 Å². The average Bonchev–Trinajstić information content (AvgIpc) is 2.76. The molecule has 1 atom stereocenters. The molecule has 16 heavy (non-hydrogen) atoms. The number of hydrogen-bond donors (Lipinski definition) is 0. The van der Waals surface area contributed by atoms with Crippen molar-refractivity contribution in [2.24, 2.45) is 0 Å². The first kappa shape index (κ1) is 9.64. The van der Waals surface area contributed by atoms with Gasteiger partial charge >= 0.3 is 0 Å². The number of Topliss-reactive ketones (excluding diaryl/α,β-unsaturated/α-hetero) is 1. The quantitative estimate of drug-likeness (QED) is 0.725. The van der Waals surface area contributed by atoms with Gasteiger partial charge in [-0.3, -0.25) is 4.79 Å². The molecule has 82 valence electrons. The second-order valence-corrected chi connectivity index (χ2v) is 4.45. The maximum absolute atomic E-state index is 11.8. The normalized spacial score (nSPS) is 21.5. The number of hydrogen-bond acceptors (Lipinski definition) is 2. The van der Waals surface area contributed by atoms with Crippen LogP contribution in [0.3, 0.4) is 0 Å². The number of fused-ring (bicyclic) bond motifs is 1. The van der Waals surface area contributed by atoms with Gasteiger partial charge in [0.2, 0.25) is 0 Å². The molecule has 1 aliphatic heterocycles. The van der Waals surface area contributed by atoms with Gasteiger partial charge in [-0.05, 0) is 31.0 Å². The van der Waals surface area contributed by atoms with E-state index in [0.29, 0.717) is 12.2 Å². The third kappa shape index (κ3) is 1.54. The van der Waals surface area contributed by atoms with Gasteiger partial charge in [-0.15, -0.1) is 0 Å². The molecule has 0 spiro atoms. The molecule has 0 amide bonds. The molecule has 0 bridgehead atoms. The summed E-state index contributed by atoms with van der Waals surface area (Å²) in [5.74, 6) is 2.05. The van der Waals surface area contributed by atoms with Crippen LogP contribution in [0.4, 0.5) is 0 Å². The van der Waals surface area contributed by atoms with Gasteiger partial charge in [0, 0.05) is 12.0 Å². The molecule has 2 heteroatoms. The van der Waals surface area contributed by atoms with Crippen LogP contribution in [0.2, 0.25) is 0 Å². The third-order valence-electron chi connectivity index (χ3n) is 3.36. The summed E-state index contributed by atoms with van der Waals surface area (Å²) in [6.07, 6.45) is 3.81. The van der Waals surface area contributed by atoms with Gasteiger partial charge in [-0.2, -0.15) is 0 Å². The Hall–Kier alpha value is -1.57. The lowest BCUT2D eigenvalue weighted by molar-refractivity contribution is -0.122. The van der Waals surface area contributed by atoms with Gasteiger partial charge in [0.15, 0.2) is 0 Å². The van der Waals surface area contributed by atoms with Crippen molar-refractivity contribution in [3.8, 4) is 11.3 Å². The van der Waals surface area contributed by atoms with E-state index in [1.165, 1.54) is 0 Å². The van der Waals surface area contributed by atoms with Gasteiger partial charge in [0.05, 0.1) is 5.92 Å². The summed E-state index contributed by atoms with van der Waals surface area (Å²) >= 11 is 0. The monoisotopic (exact) mass is 214 g/mol. The Kier molecular flexibility index (Phi) is 2.28. The minimum absolute atomic E-state index is 0.00644. The van der Waals surface area contributed by atoms with E-state index in [2.05, 4.69) is 0 Å². The summed E-state index contributed by atoms with van der Waals surface area (Å²) in [5, 5.41) is 0. The topological polar surface area (TPSA) is 30.2 Å². The molecule has 0 saturated heterocycles. The smallest absolute Gasteiger partial charge is 0.143 e. The average molecular weight is 214 g/mol. The predicted octanol–water partition coefficient (Wildman–Crippen LogP) is 3.61. The van der Waals surface area contributed by atoms with Crippen molar-refractivity contribution in [2.75, 3.05) is 0 Å². The summed E-state index contributed by atoms with van der Waals surface area (Å²) in [7, 11) is 0. The molecule has 2 nitrogen and oxygen atoms in total. The third-order valence-corrected chi connectivity index (χ3v) is 3.36. The molecule has 3 rings (SSSR count). The Morgan fingerprint density at radius 3 is 2.94 bits per heavy atom. The molecule has 2 aliphatic carbocycles. The van der Waals surface area contributed by atoms with Crippen molar-refractivity contribution in [3.05, 3.63) is 36.1 Å². The van der Waals surface area contributed by atoms with Crippen molar-refractivity contribution < 1.29 is 9.21 Å². The SMILES string of the molecule is O=C1CCCCC1c1ccc2cccc-2o1. The maximum atomic E-state index is 11.8. The summed E-state index contributed by atoms with van der Waals surface area (Å²) < 4.78 is 5.79. The van der Waals surface area contributed by atoms with Gasteiger partial charge in [-0.25, -0.2) is 0 Å². The number of carbonyl (C=O) groups is 1. The highest BCUT2D eigenvalue weighted by molar-refractivity contribution is 5.85. The summed E-state index contributed by atoms with van der Waals surface area (Å²) in [5.41, 5.74) is 1.10. The van der Waals surface area contributed by atoms with E-state index >= 15 is 0 Å². The lowest BCUT2D eigenvalue weighted by Crippen LogP contribution is -2.16. The Morgan fingerprint density at radius 1 is 1.12 bits per heavy atom. The number of carbonyl (C=O) groups excluding carboxylic acids is 1. The van der Waals surface area contributed by atoms with Crippen LogP contribution in [-0.2, 0) is 4.79 Å². The highest BCUT2D eigenvalue weighted by Gasteiger charge is 2.26. The van der Waals surface area contributed by atoms with Gasteiger partial charge in [-0.1, -0.05) is 18.6 Å². The summed E-state index contributed by atoms with van der Waals surface area (Å²) in [4.78, 5) is 11.8. The van der Waals surface area contributed by atoms with Crippen LogP contribution in [0.15, 0.2) is 34.7 Å². The Morgan fingerprint density at radius 2 is 2.06 bits per heavy atom. The van der Waals surface area contributed by atoms with E-state index < -0.39 is 0 Å². The molecule has 0 aromatic heterocycles. The van der Waals surface area contributed by atoms with Crippen LogP contribution in [0, 0.1) is 0 Å². The van der Waals surface area contributed by atoms with Crippen molar-refractivity contribution in [3.63, 3.8) is 0 Å². The highest BCUT2D eigenvalue weighted by Crippen LogP contribution is 2.33. The molecule has 0 aromatic carbocycles. The first-order valence-electron chi connectivity index (χ1n) is 5.86. The van der Waals surface area contributed by atoms with Crippen LogP contribution in [0.25, 0.3) is 11.3 Å². The van der Waals surface area contributed by atoms with E-state index in [9.17, 15) is 4.79 Å². The van der Waals surface area contributed by atoms with Gasteiger partial charge in [0.25, 0.3) is 0 Å². The number of ketones is 1. The van der Waals surface area contributed by atoms with Crippen molar-refractivity contribution in [1.29, 1.82) is 0 Å². The molecule has 0 aromatic rings. The molecule has 3 aliphatic rings. The zero-order valence-electron chi connectivity index (χ0n) is 9.11. The standard InChI is InChI=1S/C14H14O2/c15-12-6-2-1-5-11(12)14-9-8-10-4-3-7-13(10)16-14/h3-4,7-9,11H,1-2,5-6H2. The molecular formula is C14H14O2. The van der Waals surface area contributed by atoms with Crippen LogP contribution >= 0.6 is 0 Å². The van der Waals surface area contributed by atoms with Crippen LogP contribution in [0.1, 0.15) is 37.4 Å². The zero-order valence-corrected chi connectivity index (χ0v) is 9.11. The maximum Gasteiger partial charge on any atom is 0.143 e. The van der Waals surface area contributed by atoms with Crippen LogP contribution in [0.5, 0.6) is 0 Å². The van der Waals surface area contributed by atoms with Crippen molar-refractivity contribution in [2.45, 2.75) is 31.6 Å². The van der Waals surface area contributed by atoms with Crippen molar-refractivity contribution in [1.82, 2.24) is 0 Å². The fourth-order valence-electron chi connectivity index (χ4n) is 2.45. The molecule has 1 heterocycles. The van der Waals surface area contributed by atoms with Crippen LogP contribution < -0.4 is 0 Å². The summed E-state index contributed by atoms with van der Waals surface area (Å²) in [6, 6.07) is 9.93. The molecule has 0 radical (unpaired) electrons. The Bertz CT molecular complexity index is 483. The largest absolute Gasteiger partial charge is 0.460 e. The second kappa shape index (κ2) is 3.78. The summed E-state index contributed by atoms with van der Waals surface area (Å²) in [6.45, 7) is 0. The van der Waals surface area contributed by atoms with E-state index in [0.717, 1.165) is 36.3 Å². The lowest BCUT2D eigenvalue weighted by Gasteiger charge is -2.20. The van der Waals surface area contributed by atoms with E-state index in [-0.39, 0.29) is 5.92 Å². The second-order valence-electron chi connectivity index (χ2n) is 4.45. The minimum atomic E-state index is -0.00644. The van der Waals surface area contributed by atoms with Gasteiger partial charge in [0.1, 0.15) is 17.3 Å². The lowest BCUT2D eigenvalue weighted by atomic mass is 9.86. The molecule has 1 saturated carbocycles. The van der Waals surface area contributed by atoms with E-state index in [4.69, 9.17) is 4.42 Å². The first-order chi connectivity index (χ1) is 7.84. The molecular weight excluding hydrogens is 200 g/mol.